The molecule has 0 saturated carbocycles. The molecule has 1 aliphatic rings. The Bertz CT molecular complexity index is 444. The van der Waals surface area contributed by atoms with Crippen LogP contribution in [0.25, 0.3) is 0 Å². The molecule has 29 heavy (non-hydrogen) atoms. The van der Waals surface area contributed by atoms with Crippen molar-refractivity contribution in [3.8, 4) is 0 Å². The van der Waals surface area contributed by atoms with E-state index in [1.54, 1.807) is 0 Å². The lowest BCUT2D eigenvalue weighted by atomic mass is 10.0. The van der Waals surface area contributed by atoms with Crippen molar-refractivity contribution in [1.82, 2.24) is 0 Å². The maximum atomic E-state index is 10.2. The van der Waals surface area contributed by atoms with Crippen LogP contribution in [0, 0.1) is 0 Å². The number of nitrogens with zero attached hydrogens (tertiary/aromatic N) is 2. The topological polar surface area (TPSA) is 32.6 Å². The second-order valence-electron chi connectivity index (χ2n) is 9.05. The van der Waals surface area contributed by atoms with E-state index >= 15 is 0 Å². The van der Waals surface area contributed by atoms with Crippen LogP contribution in [-0.4, -0.2) is 41.3 Å². The molecule has 2 atom stereocenters. The third-order valence-corrected chi connectivity index (χ3v) is 6.75. The summed E-state index contributed by atoms with van der Waals surface area (Å²) in [7, 11) is 0. The first-order valence-electron chi connectivity index (χ1n) is 12.9. The second kappa shape index (κ2) is 17.1. The molecular formula is C26H51N2O+. The molecule has 3 nitrogen and oxygen atoms in total. The first-order valence-corrected chi connectivity index (χ1v) is 12.9. The summed E-state index contributed by atoms with van der Waals surface area (Å²) in [5, 5.41) is 10.2. The molecule has 0 fully saturated rings. The molecule has 0 aromatic rings. The molecule has 1 heterocycles. The van der Waals surface area contributed by atoms with Crippen LogP contribution in [0.2, 0.25) is 0 Å². The highest BCUT2D eigenvalue weighted by molar-refractivity contribution is 5.76. The minimum atomic E-state index is -0.331. The van der Waals surface area contributed by atoms with E-state index in [4.69, 9.17) is 4.99 Å². The smallest absolute Gasteiger partial charge is 0.200 e. The zero-order valence-electron chi connectivity index (χ0n) is 20.0. The van der Waals surface area contributed by atoms with Crippen LogP contribution in [0.3, 0.4) is 0 Å². The summed E-state index contributed by atoms with van der Waals surface area (Å²) < 4.78 is 0.697. The molecule has 0 bridgehead atoms. The van der Waals surface area contributed by atoms with Gasteiger partial charge in [-0.3, -0.25) is 4.48 Å². The van der Waals surface area contributed by atoms with Gasteiger partial charge in [-0.2, -0.15) is 0 Å². The number of allylic oxidation sites excluding steroid dienone is 2. The minimum absolute atomic E-state index is 0.331. The van der Waals surface area contributed by atoms with Gasteiger partial charge < -0.3 is 5.11 Å². The Kier molecular flexibility index (Phi) is 15.5. The lowest BCUT2D eigenvalue weighted by Crippen LogP contribution is -2.56. The molecule has 0 aliphatic carbocycles. The predicted molar refractivity (Wildman–Crippen MR) is 128 cm³/mol. The van der Waals surface area contributed by atoms with Crippen molar-refractivity contribution < 1.29 is 9.59 Å². The fraction of sp³-hybridized carbons (Fsp3) is 0.885. The number of aliphatic hydroxyl groups is 1. The molecule has 0 aromatic carbocycles. The van der Waals surface area contributed by atoms with Gasteiger partial charge in [-0.25, -0.2) is 4.99 Å². The Morgan fingerprint density at radius 3 is 1.86 bits per heavy atom. The van der Waals surface area contributed by atoms with E-state index in [1.165, 1.54) is 89.3 Å². The number of quaternary nitrogens is 1. The highest BCUT2D eigenvalue weighted by atomic mass is 16.3. The molecule has 0 saturated heterocycles. The van der Waals surface area contributed by atoms with Gasteiger partial charge in [-0.15, -0.1) is 0 Å². The Labute approximate surface area is 182 Å². The van der Waals surface area contributed by atoms with E-state index in [2.05, 4.69) is 26.0 Å². The van der Waals surface area contributed by atoms with Crippen molar-refractivity contribution in [3.63, 3.8) is 0 Å². The number of aliphatic hydroxyl groups excluding tert-OH is 1. The maximum absolute atomic E-state index is 10.2. The molecule has 170 valence electrons. The third-order valence-electron chi connectivity index (χ3n) is 6.75. The molecule has 0 spiro atoms. The number of aliphatic imine (C=N–C) groups is 1. The summed E-state index contributed by atoms with van der Waals surface area (Å²) in [5.74, 6) is 1.22. The van der Waals surface area contributed by atoms with E-state index in [9.17, 15) is 5.11 Å². The Balaban J connectivity index is 1.91. The number of rotatable bonds is 19. The van der Waals surface area contributed by atoms with Crippen molar-refractivity contribution in [2.75, 3.05) is 19.6 Å². The number of likely N-dealkylation sites (N-methyl/N-ethyl adjacent to an activating group) is 1. The van der Waals surface area contributed by atoms with Crippen molar-refractivity contribution in [2.24, 2.45) is 4.99 Å². The van der Waals surface area contributed by atoms with Gasteiger partial charge in [0.25, 0.3) is 0 Å². The van der Waals surface area contributed by atoms with Gasteiger partial charge in [0.05, 0.1) is 13.1 Å². The molecule has 1 aliphatic heterocycles. The van der Waals surface area contributed by atoms with Gasteiger partial charge in [0.15, 0.2) is 6.23 Å². The fourth-order valence-corrected chi connectivity index (χ4v) is 4.65. The summed E-state index contributed by atoms with van der Waals surface area (Å²) in [6.07, 6.45) is 26.0. The summed E-state index contributed by atoms with van der Waals surface area (Å²) >= 11 is 0. The molecule has 0 aromatic heterocycles. The molecule has 3 heteroatoms. The van der Waals surface area contributed by atoms with E-state index in [1.807, 2.05) is 6.92 Å². The Morgan fingerprint density at radius 1 is 0.828 bits per heavy atom. The van der Waals surface area contributed by atoms with E-state index in [0.29, 0.717) is 4.48 Å². The van der Waals surface area contributed by atoms with Crippen LogP contribution >= 0.6 is 0 Å². The van der Waals surface area contributed by atoms with E-state index < -0.39 is 0 Å². The lowest BCUT2D eigenvalue weighted by molar-refractivity contribution is -0.882. The molecular weight excluding hydrogens is 356 g/mol. The van der Waals surface area contributed by atoms with Crippen molar-refractivity contribution in [1.29, 1.82) is 0 Å². The Hall–Kier alpha value is -0.670. The highest BCUT2D eigenvalue weighted by Crippen LogP contribution is 2.22. The van der Waals surface area contributed by atoms with Crippen LogP contribution in [0.1, 0.15) is 124 Å². The van der Waals surface area contributed by atoms with Crippen molar-refractivity contribution in [3.05, 3.63) is 12.2 Å². The number of hydrogen-bond donors (Lipinski definition) is 1. The zero-order valence-corrected chi connectivity index (χ0v) is 20.0. The van der Waals surface area contributed by atoms with E-state index in [-0.39, 0.29) is 6.23 Å². The zero-order chi connectivity index (χ0) is 21.2. The van der Waals surface area contributed by atoms with Gasteiger partial charge in [0, 0.05) is 13.3 Å². The largest absolute Gasteiger partial charge is 0.345 e. The normalized spacial score (nSPS) is 20.5. The SMILES string of the molecule is CCCCCCCCCCCCCC/C=C/CCCC1=NCC[N+]1(CC)C(C)O. The first-order chi connectivity index (χ1) is 14.2. The standard InChI is InChI=1S/C26H51N2O/c1-4-6-7-8-9-10-11-12-13-14-15-16-17-18-19-20-21-22-26-27-23-24-28(26,5-2)25(3)29/h18-19,25,29H,4-17,20-24H2,1-3H3/q+1/b19-18+. The molecule has 0 radical (unpaired) electrons. The van der Waals surface area contributed by atoms with E-state index in [0.717, 1.165) is 38.9 Å². The molecule has 2 unspecified atom stereocenters. The van der Waals surface area contributed by atoms with Gasteiger partial charge in [0.2, 0.25) is 5.84 Å². The number of hydrogen-bond acceptors (Lipinski definition) is 2. The fourth-order valence-electron chi connectivity index (χ4n) is 4.65. The Morgan fingerprint density at radius 2 is 1.34 bits per heavy atom. The van der Waals surface area contributed by atoms with Crippen molar-refractivity contribution >= 4 is 5.84 Å². The van der Waals surface area contributed by atoms with Gasteiger partial charge >= 0.3 is 0 Å². The summed E-state index contributed by atoms with van der Waals surface area (Å²) in [6.45, 7) is 9.17. The lowest BCUT2D eigenvalue weighted by Gasteiger charge is -2.36. The summed E-state index contributed by atoms with van der Waals surface area (Å²) in [5.41, 5.74) is 0. The minimum Gasteiger partial charge on any atom is -0.345 e. The van der Waals surface area contributed by atoms with Crippen LogP contribution in [0.5, 0.6) is 0 Å². The van der Waals surface area contributed by atoms with Gasteiger partial charge in [-0.05, 0) is 32.6 Å². The number of amidine groups is 1. The quantitative estimate of drug-likeness (QED) is 0.135. The summed E-state index contributed by atoms with van der Waals surface area (Å²) in [4.78, 5) is 4.70. The highest BCUT2D eigenvalue weighted by Gasteiger charge is 2.40. The average molecular weight is 408 g/mol. The number of unbranched alkanes of at least 4 members (excludes halogenated alkanes) is 13. The summed E-state index contributed by atoms with van der Waals surface area (Å²) in [6, 6.07) is 0. The van der Waals surface area contributed by atoms with Crippen LogP contribution < -0.4 is 0 Å². The van der Waals surface area contributed by atoms with Gasteiger partial charge in [0.1, 0.15) is 6.54 Å². The van der Waals surface area contributed by atoms with Crippen molar-refractivity contribution in [2.45, 2.75) is 130 Å². The molecule has 1 N–H and O–H groups in total. The average Bonchev–Trinajstić information content (AvgIpc) is 3.14. The monoisotopic (exact) mass is 407 g/mol. The van der Waals surface area contributed by atoms with Crippen LogP contribution in [0.4, 0.5) is 0 Å². The second-order valence-corrected chi connectivity index (χ2v) is 9.05. The van der Waals surface area contributed by atoms with Crippen LogP contribution in [0.15, 0.2) is 17.1 Å². The first kappa shape index (κ1) is 26.4. The maximum Gasteiger partial charge on any atom is 0.200 e. The van der Waals surface area contributed by atoms with Crippen LogP contribution in [-0.2, 0) is 0 Å². The molecule has 1 rings (SSSR count). The predicted octanol–water partition coefficient (Wildman–Crippen LogP) is 7.39. The molecule has 0 amide bonds. The third kappa shape index (κ3) is 10.8. The van der Waals surface area contributed by atoms with Gasteiger partial charge in [-0.1, -0.05) is 89.7 Å².